The smallest absolute Gasteiger partial charge is 0.279 e. The summed E-state index contributed by atoms with van der Waals surface area (Å²) in [5.41, 5.74) is 0.895. The summed E-state index contributed by atoms with van der Waals surface area (Å²) in [6.07, 6.45) is 0. The van der Waals surface area contributed by atoms with Crippen molar-refractivity contribution in [2.24, 2.45) is 7.05 Å². The van der Waals surface area contributed by atoms with Gasteiger partial charge in [0.05, 0.1) is 0 Å². The average molecular weight is 178 g/mol. The van der Waals surface area contributed by atoms with E-state index in [4.69, 9.17) is 0 Å². The lowest BCUT2D eigenvalue weighted by atomic mass is 10.5. The van der Waals surface area contributed by atoms with Gasteiger partial charge in [-0.2, -0.15) is 0 Å². The Labute approximate surface area is 74.4 Å². The van der Waals surface area contributed by atoms with Crippen LogP contribution < -0.4 is 5.56 Å². The predicted octanol–water partition coefficient (Wildman–Crippen LogP) is 0.273. The molecule has 0 bridgehead atoms. The van der Waals surface area contributed by atoms with Crippen molar-refractivity contribution in [3.8, 4) is 0 Å². The minimum Gasteiger partial charge on any atom is -0.336 e. The van der Waals surface area contributed by atoms with Crippen LogP contribution >= 0.6 is 0 Å². The van der Waals surface area contributed by atoms with Crippen LogP contribution in [0.5, 0.6) is 0 Å². The van der Waals surface area contributed by atoms with E-state index in [2.05, 4.69) is 15.0 Å². The molecule has 0 spiro atoms. The third-order valence-corrected chi connectivity index (χ3v) is 2.07. The van der Waals surface area contributed by atoms with Crippen LogP contribution in [0, 0.1) is 13.8 Å². The third kappa shape index (κ3) is 1.04. The molecule has 2 rings (SSSR count). The summed E-state index contributed by atoms with van der Waals surface area (Å²) in [5, 5.41) is 0. The summed E-state index contributed by atoms with van der Waals surface area (Å²) in [6, 6.07) is 0. The van der Waals surface area contributed by atoms with E-state index in [0.29, 0.717) is 22.8 Å². The van der Waals surface area contributed by atoms with Crippen molar-refractivity contribution in [3.05, 3.63) is 22.0 Å². The number of fused-ring (bicyclic) bond motifs is 1. The van der Waals surface area contributed by atoms with Gasteiger partial charge in [-0.3, -0.25) is 9.36 Å². The van der Waals surface area contributed by atoms with Gasteiger partial charge in [-0.05, 0) is 13.8 Å². The highest BCUT2D eigenvalue weighted by atomic mass is 16.1. The van der Waals surface area contributed by atoms with Gasteiger partial charge in [-0.15, -0.1) is 0 Å². The van der Waals surface area contributed by atoms with Crippen LogP contribution in [-0.4, -0.2) is 19.5 Å². The minimum atomic E-state index is -0.0805. The molecule has 5 heteroatoms. The molecule has 2 heterocycles. The van der Waals surface area contributed by atoms with Gasteiger partial charge >= 0.3 is 0 Å². The zero-order chi connectivity index (χ0) is 9.59. The van der Waals surface area contributed by atoms with Crippen molar-refractivity contribution in [2.75, 3.05) is 0 Å². The lowest BCUT2D eigenvalue weighted by molar-refractivity contribution is 0.789. The van der Waals surface area contributed by atoms with Crippen LogP contribution in [-0.2, 0) is 7.05 Å². The van der Waals surface area contributed by atoms with Crippen molar-refractivity contribution >= 4 is 11.2 Å². The molecule has 2 aromatic rings. The quantitative estimate of drug-likeness (QED) is 0.630. The fourth-order valence-electron chi connectivity index (χ4n) is 1.25. The lowest BCUT2D eigenvalue weighted by Gasteiger charge is -1.99. The van der Waals surface area contributed by atoms with Crippen LogP contribution in [0.2, 0.25) is 0 Å². The molecule has 2 aromatic heterocycles. The Morgan fingerprint density at radius 3 is 2.69 bits per heavy atom. The zero-order valence-electron chi connectivity index (χ0n) is 7.75. The zero-order valence-corrected chi connectivity index (χ0v) is 7.75. The van der Waals surface area contributed by atoms with E-state index < -0.39 is 0 Å². The van der Waals surface area contributed by atoms with Gasteiger partial charge < -0.3 is 4.98 Å². The Morgan fingerprint density at radius 2 is 2.00 bits per heavy atom. The molecule has 0 aliphatic rings. The number of nitrogens with zero attached hydrogens (tertiary/aromatic N) is 3. The first-order chi connectivity index (χ1) is 6.09. The second-order valence-electron chi connectivity index (χ2n) is 3.04. The lowest BCUT2D eigenvalue weighted by Crippen LogP contribution is -2.20. The molecule has 0 saturated heterocycles. The Morgan fingerprint density at radius 1 is 1.31 bits per heavy atom. The number of hydrogen-bond acceptors (Lipinski definition) is 3. The first kappa shape index (κ1) is 7.97. The van der Waals surface area contributed by atoms with Crippen molar-refractivity contribution < 1.29 is 0 Å². The van der Waals surface area contributed by atoms with Crippen molar-refractivity contribution in [1.29, 1.82) is 0 Å². The maximum atomic E-state index is 11.6. The van der Waals surface area contributed by atoms with Crippen LogP contribution in [0.25, 0.3) is 11.2 Å². The normalized spacial score (nSPS) is 11.0. The molecule has 0 aromatic carbocycles. The van der Waals surface area contributed by atoms with Gasteiger partial charge in [0.1, 0.15) is 11.6 Å². The summed E-state index contributed by atoms with van der Waals surface area (Å²) < 4.78 is 1.50. The minimum absolute atomic E-state index is 0.0805. The van der Waals surface area contributed by atoms with E-state index in [0.717, 1.165) is 0 Å². The molecule has 0 radical (unpaired) electrons. The number of aryl methyl sites for hydroxylation is 2. The van der Waals surface area contributed by atoms with E-state index in [1.54, 1.807) is 20.9 Å². The van der Waals surface area contributed by atoms with Crippen LogP contribution in [0.1, 0.15) is 11.6 Å². The molecule has 0 unspecified atom stereocenters. The topological polar surface area (TPSA) is 63.6 Å². The van der Waals surface area contributed by atoms with Gasteiger partial charge in [0.25, 0.3) is 5.56 Å². The first-order valence-electron chi connectivity index (χ1n) is 3.99. The Bertz CT molecular complexity index is 523. The van der Waals surface area contributed by atoms with Crippen LogP contribution in [0.4, 0.5) is 0 Å². The standard InChI is InChI=1S/C8H10N4O/c1-4-9-6-7(10-4)11-5(2)12(3)8(6)13/h1-3H3,(H,9,10). The molecular weight excluding hydrogens is 168 g/mol. The van der Waals surface area contributed by atoms with Crippen molar-refractivity contribution in [1.82, 2.24) is 19.5 Å². The number of hydrogen-bond donors (Lipinski definition) is 1. The number of imidazole rings is 1. The van der Waals surface area contributed by atoms with Crippen molar-refractivity contribution in [3.63, 3.8) is 0 Å². The second kappa shape index (κ2) is 2.42. The number of aromatic nitrogens is 4. The summed E-state index contributed by atoms with van der Waals surface area (Å²) >= 11 is 0. The van der Waals surface area contributed by atoms with Gasteiger partial charge in [-0.1, -0.05) is 0 Å². The van der Waals surface area contributed by atoms with Gasteiger partial charge in [0.2, 0.25) is 0 Å². The van der Waals surface area contributed by atoms with E-state index in [9.17, 15) is 4.79 Å². The van der Waals surface area contributed by atoms with Gasteiger partial charge in [-0.25, -0.2) is 9.97 Å². The fourth-order valence-corrected chi connectivity index (χ4v) is 1.25. The van der Waals surface area contributed by atoms with E-state index in [1.165, 1.54) is 4.57 Å². The molecule has 68 valence electrons. The molecule has 1 N–H and O–H groups in total. The molecule has 0 aliphatic carbocycles. The SMILES string of the molecule is Cc1nc2nc(C)n(C)c(=O)c2[nH]1. The van der Waals surface area contributed by atoms with Gasteiger partial charge in [0, 0.05) is 7.05 Å². The maximum absolute atomic E-state index is 11.6. The highest BCUT2D eigenvalue weighted by Crippen LogP contribution is 2.03. The number of rotatable bonds is 0. The molecule has 0 saturated carbocycles. The molecule has 0 atom stereocenters. The Balaban J connectivity index is 3.01. The number of nitrogens with one attached hydrogen (secondary N) is 1. The second-order valence-corrected chi connectivity index (χ2v) is 3.04. The highest BCUT2D eigenvalue weighted by molar-refractivity contribution is 5.69. The maximum Gasteiger partial charge on any atom is 0.279 e. The molecule has 13 heavy (non-hydrogen) atoms. The molecule has 0 aliphatic heterocycles. The fraction of sp³-hybridized carbons (Fsp3) is 0.375. The summed E-state index contributed by atoms with van der Waals surface area (Å²) in [7, 11) is 1.69. The van der Waals surface area contributed by atoms with Gasteiger partial charge in [0.15, 0.2) is 11.2 Å². The molecule has 0 amide bonds. The molecule has 5 nitrogen and oxygen atoms in total. The van der Waals surface area contributed by atoms with Crippen molar-refractivity contribution in [2.45, 2.75) is 13.8 Å². The van der Waals surface area contributed by atoms with Crippen LogP contribution in [0.3, 0.4) is 0 Å². The van der Waals surface area contributed by atoms with E-state index in [-0.39, 0.29) is 5.56 Å². The van der Waals surface area contributed by atoms with Crippen LogP contribution in [0.15, 0.2) is 4.79 Å². The molecular formula is C8H10N4O. The third-order valence-electron chi connectivity index (χ3n) is 2.07. The monoisotopic (exact) mass is 178 g/mol. The predicted molar refractivity (Wildman–Crippen MR) is 48.6 cm³/mol. The average Bonchev–Trinajstić information content (AvgIpc) is 2.42. The van der Waals surface area contributed by atoms with E-state index >= 15 is 0 Å². The summed E-state index contributed by atoms with van der Waals surface area (Å²) in [4.78, 5) is 22.8. The Kier molecular flexibility index (Phi) is 1.48. The number of H-pyrrole nitrogens is 1. The number of aromatic amines is 1. The summed E-state index contributed by atoms with van der Waals surface area (Å²) in [6.45, 7) is 3.58. The highest BCUT2D eigenvalue weighted by Gasteiger charge is 2.07. The van der Waals surface area contributed by atoms with E-state index in [1.807, 2.05) is 0 Å². The first-order valence-corrected chi connectivity index (χ1v) is 3.99. The summed E-state index contributed by atoms with van der Waals surface area (Å²) in [5.74, 6) is 1.38. The Hall–Kier alpha value is -1.65. The largest absolute Gasteiger partial charge is 0.336 e. The molecule has 0 fully saturated rings.